The molecule has 0 aliphatic carbocycles. The number of amidine groups is 1. The van der Waals surface area contributed by atoms with Crippen molar-refractivity contribution in [3.63, 3.8) is 0 Å². The SMILES string of the molecule is CC1=NN(CN2CCN(c3cccc(C(F)(F)F)c3)CC2)C(=O)C2CSCN12. The van der Waals surface area contributed by atoms with Crippen molar-refractivity contribution in [2.45, 2.75) is 19.1 Å². The van der Waals surface area contributed by atoms with E-state index < -0.39 is 11.7 Å². The Balaban J connectivity index is 1.37. The van der Waals surface area contributed by atoms with E-state index in [0.717, 1.165) is 23.5 Å². The van der Waals surface area contributed by atoms with Crippen LogP contribution in [0.2, 0.25) is 0 Å². The molecule has 0 N–H and O–H groups in total. The van der Waals surface area contributed by atoms with E-state index >= 15 is 0 Å². The van der Waals surface area contributed by atoms with Crippen molar-refractivity contribution >= 4 is 29.2 Å². The number of thioether (sulfide) groups is 1. The second kappa shape index (κ2) is 7.47. The number of rotatable bonds is 3. The Labute approximate surface area is 165 Å². The quantitative estimate of drug-likeness (QED) is 0.761. The Hall–Kier alpha value is -1.94. The highest BCUT2D eigenvalue weighted by molar-refractivity contribution is 7.99. The average Bonchev–Trinajstić information content (AvgIpc) is 3.17. The van der Waals surface area contributed by atoms with Crippen molar-refractivity contribution < 1.29 is 18.0 Å². The van der Waals surface area contributed by atoms with Crippen LogP contribution in [0.5, 0.6) is 0 Å². The predicted octanol–water partition coefficient (Wildman–Crippen LogP) is 2.34. The number of piperazine rings is 1. The van der Waals surface area contributed by atoms with Gasteiger partial charge in [0.05, 0.1) is 18.1 Å². The Morgan fingerprint density at radius 1 is 1.21 bits per heavy atom. The van der Waals surface area contributed by atoms with Gasteiger partial charge in [-0.1, -0.05) is 6.07 Å². The van der Waals surface area contributed by atoms with Crippen LogP contribution in [0.25, 0.3) is 0 Å². The van der Waals surface area contributed by atoms with Gasteiger partial charge in [-0.25, -0.2) is 5.01 Å². The highest BCUT2D eigenvalue weighted by Crippen LogP contribution is 2.32. The second-order valence-electron chi connectivity index (χ2n) is 7.17. The van der Waals surface area contributed by atoms with Gasteiger partial charge in [-0.2, -0.15) is 18.3 Å². The molecule has 10 heteroatoms. The second-order valence-corrected chi connectivity index (χ2v) is 8.16. The number of carbonyl (C=O) groups is 1. The molecule has 1 atom stereocenters. The van der Waals surface area contributed by atoms with Crippen LogP contribution in [-0.2, 0) is 11.0 Å². The molecule has 0 bridgehead atoms. The summed E-state index contributed by atoms with van der Waals surface area (Å²) in [6.45, 7) is 4.88. The zero-order valence-corrected chi connectivity index (χ0v) is 16.3. The zero-order chi connectivity index (χ0) is 19.9. The molecule has 0 radical (unpaired) electrons. The maximum atomic E-state index is 12.9. The Bertz CT molecular complexity index is 779. The number of hydrogen-bond acceptors (Lipinski definition) is 6. The molecule has 0 saturated carbocycles. The lowest BCUT2D eigenvalue weighted by molar-refractivity contribution is -0.138. The topological polar surface area (TPSA) is 42.4 Å². The fourth-order valence-electron chi connectivity index (χ4n) is 3.74. The minimum atomic E-state index is -4.34. The molecule has 3 aliphatic rings. The van der Waals surface area contributed by atoms with Gasteiger partial charge < -0.3 is 9.80 Å². The van der Waals surface area contributed by atoms with Gasteiger partial charge >= 0.3 is 6.18 Å². The van der Waals surface area contributed by atoms with Crippen molar-refractivity contribution in [2.24, 2.45) is 5.10 Å². The van der Waals surface area contributed by atoms with Gasteiger partial charge in [0, 0.05) is 37.6 Å². The Kier molecular flexibility index (Phi) is 5.17. The smallest absolute Gasteiger partial charge is 0.369 e. The zero-order valence-electron chi connectivity index (χ0n) is 15.5. The van der Waals surface area contributed by atoms with Crippen molar-refractivity contribution in [2.75, 3.05) is 49.4 Å². The molecular formula is C18H22F3N5OS. The fourth-order valence-corrected chi connectivity index (χ4v) is 4.95. The summed E-state index contributed by atoms with van der Waals surface area (Å²) in [7, 11) is 0. The summed E-state index contributed by atoms with van der Waals surface area (Å²) in [5.74, 6) is 2.47. The normalized spacial score (nSPS) is 23.9. The van der Waals surface area contributed by atoms with E-state index in [9.17, 15) is 18.0 Å². The summed E-state index contributed by atoms with van der Waals surface area (Å²) in [4.78, 5) is 18.8. The summed E-state index contributed by atoms with van der Waals surface area (Å²) in [6.07, 6.45) is -4.34. The summed E-state index contributed by atoms with van der Waals surface area (Å²) in [5.41, 5.74) is -0.0499. The van der Waals surface area contributed by atoms with E-state index in [-0.39, 0.29) is 11.9 Å². The number of fused-ring (bicyclic) bond motifs is 1. The first-order chi connectivity index (χ1) is 13.3. The van der Waals surface area contributed by atoms with Crippen LogP contribution < -0.4 is 4.90 Å². The van der Waals surface area contributed by atoms with Crippen molar-refractivity contribution in [3.05, 3.63) is 29.8 Å². The fraction of sp³-hybridized carbons (Fsp3) is 0.556. The minimum Gasteiger partial charge on any atom is -0.369 e. The highest BCUT2D eigenvalue weighted by atomic mass is 32.2. The molecule has 2 saturated heterocycles. The molecule has 0 aromatic heterocycles. The summed E-state index contributed by atoms with van der Waals surface area (Å²) >= 11 is 1.73. The predicted molar refractivity (Wildman–Crippen MR) is 103 cm³/mol. The van der Waals surface area contributed by atoms with Gasteiger partial charge in [0.1, 0.15) is 11.9 Å². The van der Waals surface area contributed by atoms with Crippen molar-refractivity contribution in [1.82, 2.24) is 14.8 Å². The van der Waals surface area contributed by atoms with E-state index in [1.807, 2.05) is 16.7 Å². The number of benzene rings is 1. The molecule has 1 unspecified atom stereocenters. The lowest BCUT2D eigenvalue weighted by Crippen LogP contribution is -2.56. The number of amides is 1. The molecule has 1 aromatic rings. The van der Waals surface area contributed by atoms with Gasteiger partial charge in [-0.05, 0) is 25.1 Å². The number of anilines is 1. The first kappa shape index (κ1) is 19.4. The van der Waals surface area contributed by atoms with Crippen LogP contribution >= 0.6 is 11.8 Å². The summed E-state index contributed by atoms with van der Waals surface area (Å²) in [5, 5.41) is 5.99. The van der Waals surface area contributed by atoms with Crippen molar-refractivity contribution in [3.8, 4) is 0 Å². The Morgan fingerprint density at radius 3 is 2.68 bits per heavy atom. The molecule has 6 nitrogen and oxygen atoms in total. The number of nitrogens with zero attached hydrogens (tertiary/aromatic N) is 5. The number of hydrogen-bond donors (Lipinski definition) is 0. The lowest BCUT2D eigenvalue weighted by Gasteiger charge is -2.40. The van der Waals surface area contributed by atoms with Crippen LogP contribution in [0.3, 0.4) is 0 Å². The van der Waals surface area contributed by atoms with E-state index in [0.29, 0.717) is 38.5 Å². The maximum Gasteiger partial charge on any atom is 0.416 e. The molecule has 1 aromatic carbocycles. The first-order valence-electron chi connectivity index (χ1n) is 9.18. The molecular weight excluding hydrogens is 391 g/mol. The number of alkyl halides is 3. The molecule has 4 rings (SSSR count). The number of hydrazone groups is 1. The average molecular weight is 413 g/mol. The largest absolute Gasteiger partial charge is 0.416 e. The van der Waals surface area contributed by atoms with Gasteiger partial charge in [0.2, 0.25) is 0 Å². The van der Waals surface area contributed by atoms with Gasteiger partial charge in [0.15, 0.2) is 0 Å². The molecule has 1 amide bonds. The Morgan fingerprint density at radius 2 is 1.96 bits per heavy atom. The van der Waals surface area contributed by atoms with Crippen LogP contribution in [0.4, 0.5) is 18.9 Å². The van der Waals surface area contributed by atoms with Gasteiger partial charge in [0.25, 0.3) is 5.91 Å². The van der Waals surface area contributed by atoms with Crippen LogP contribution in [0.15, 0.2) is 29.4 Å². The number of carbonyl (C=O) groups excluding carboxylic acids is 1. The van der Waals surface area contributed by atoms with Crippen molar-refractivity contribution in [1.29, 1.82) is 0 Å². The lowest BCUT2D eigenvalue weighted by atomic mass is 10.1. The monoisotopic (exact) mass is 413 g/mol. The van der Waals surface area contributed by atoms with Gasteiger partial charge in [-0.3, -0.25) is 9.69 Å². The standard InChI is InChI=1S/C18H22F3N5OS/c1-13-22-26(17(27)16-10-28-12-25(13)16)11-23-5-7-24(8-6-23)15-4-2-3-14(9-15)18(19,20)21/h2-4,9,16H,5-8,10-12H2,1H3. The molecule has 28 heavy (non-hydrogen) atoms. The summed E-state index contributed by atoms with van der Waals surface area (Å²) in [6, 6.07) is 5.31. The van der Waals surface area contributed by atoms with E-state index in [1.165, 1.54) is 12.1 Å². The van der Waals surface area contributed by atoms with Crippen LogP contribution in [0, 0.1) is 0 Å². The maximum absolute atomic E-state index is 12.9. The summed E-state index contributed by atoms with van der Waals surface area (Å²) < 4.78 is 38.8. The van der Waals surface area contributed by atoms with Gasteiger partial charge in [-0.15, -0.1) is 11.8 Å². The van der Waals surface area contributed by atoms with E-state index in [4.69, 9.17) is 0 Å². The molecule has 2 fully saturated rings. The molecule has 3 heterocycles. The third-order valence-corrected chi connectivity index (χ3v) is 6.36. The third-order valence-electron chi connectivity index (χ3n) is 5.35. The molecule has 3 aliphatic heterocycles. The van der Waals surface area contributed by atoms with E-state index in [1.54, 1.807) is 22.8 Å². The van der Waals surface area contributed by atoms with Crippen LogP contribution in [0.1, 0.15) is 12.5 Å². The van der Waals surface area contributed by atoms with E-state index in [2.05, 4.69) is 10.0 Å². The molecule has 152 valence electrons. The number of halogens is 3. The molecule has 0 spiro atoms. The third kappa shape index (κ3) is 3.80. The first-order valence-corrected chi connectivity index (χ1v) is 10.3. The highest BCUT2D eigenvalue weighted by Gasteiger charge is 2.39. The van der Waals surface area contributed by atoms with Crippen LogP contribution in [-0.4, -0.2) is 77.1 Å². The minimum absolute atomic E-state index is 0.0240.